The van der Waals surface area contributed by atoms with E-state index in [-0.39, 0.29) is 12.5 Å². The number of aliphatic hydroxyl groups excluding tert-OH is 1. The van der Waals surface area contributed by atoms with Crippen LogP contribution in [-0.4, -0.2) is 24.2 Å². The topological polar surface area (TPSA) is 49.3 Å². The number of carbonyl (C=O) groups is 1. The van der Waals surface area contributed by atoms with Gasteiger partial charge in [-0.3, -0.25) is 4.79 Å². The van der Waals surface area contributed by atoms with E-state index in [2.05, 4.69) is 5.32 Å². The van der Waals surface area contributed by atoms with Gasteiger partial charge in [-0.15, -0.1) is 0 Å². The average Bonchev–Trinajstić information content (AvgIpc) is 2.78. The van der Waals surface area contributed by atoms with Crippen molar-refractivity contribution in [2.45, 2.75) is 39.0 Å². The third-order valence-electron chi connectivity index (χ3n) is 4.19. The van der Waals surface area contributed by atoms with E-state index < -0.39 is 0 Å². The number of fused-ring (bicyclic) bond motifs is 1. The van der Waals surface area contributed by atoms with Gasteiger partial charge in [-0.2, -0.15) is 0 Å². The van der Waals surface area contributed by atoms with Crippen LogP contribution in [0.2, 0.25) is 0 Å². The van der Waals surface area contributed by atoms with E-state index in [9.17, 15) is 4.79 Å². The molecule has 16 heavy (non-hydrogen) atoms. The first-order chi connectivity index (χ1) is 7.74. The van der Waals surface area contributed by atoms with Crippen molar-refractivity contribution in [2.24, 2.45) is 23.7 Å². The van der Waals surface area contributed by atoms with Gasteiger partial charge in [0, 0.05) is 19.1 Å². The maximum atomic E-state index is 11.8. The fourth-order valence-electron chi connectivity index (χ4n) is 3.08. The van der Waals surface area contributed by atoms with Crippen LogP contribution in [0.1, 0.15) is 39.0 Å². The van der Waals surface area contributed by atoms with Crippen LogP contribution in [0, 0.1) is 23.7 Å². The van der Waals surface area contributed by atoms with Crippen molar-refractivity contribution in [3.05, 3.63) is 0 Å². The highest BCUT2D eigenvalue weighted by Gasteiger charge is 2.56. The van der Waals surface area contributed by atoms with Crippen molar-refractivity contribution in [2.75, 3.05) is 13.2 Å². The zero-order valence-corrected chi connectivity index (χ0v) is 10.1. The number of nitrogens with one attached hydrogen (secondary N) is 1. The molecular formula is C13H23NO2. The minimum atomic E-state index is 0.251. The lowest BCUT2D eigenvalue weighted by molar-refractivity contribution is -0.123. The molecule has 3 unspecified atom stereocenters. The van der Waals surface area contributed by atoms with Crippen LogP contribution in [0.4, 0.5) is 0 Å². The largest absolute Gasteiger partial charge is 0.396 e. The molecule has 92 valence electrons. The molecule has 0 radical (unpaired) electrons. The van der Waals surface area contributed by atoms with Gasteiger partial charge >= 0.3 is 0 Å². The highest BCUT2D eigenvalue weighted by atomic mass is 16.3. The maximum absolute atomic E-state index is 11.8. The van der Waals surface area contributed by atoms with Crippen LogP contribution < -0.4 is 5.32 Å². The Morgan fingerprint density at radius 3 is 2.75 bits per heavy atom. The van der Waals surface area contributed by atoms with Gasteiger partial charge in [0.2, 0.25) is 5.91 Å². The molecule has 0 saturated heterocycles. The monoisotopic (exact) mass is 225 g/mol. The smallest absolute Gasteiger partial charge is 0.223 e. The first-order valence-electron chi connectivity index (χ1n) is 6.62. The highest BCUT2D eigenvalue weighted by molar-refractivity contribution is 5.82. The number of hydrogen-bond donors (Lipinski definition) is 2. The minimum absolute atomic E-state index is 0.251. The number of amides is 1. The maximum Gasteiger partial charge on any atom is 0.223 e. The summed E-state index contributed by atoms with van der Waals surface area (Å²) in [6.07, 6.45) is 5.84. The number of aliphatic hydroxyl groups is 1. The second-order valence-electron chi connectivity index (χ2n) is 5.51. The van der Waals surface area contributed by atoms with E-state index in [1.54, 1.807) is 0 Å². The number of hydrogen-bond acceptors (Lipinski definition) is 2. The molecule has 1 amide bonds. The van der Waals surface area contributed by atoms with E-state index in [4.69, 9.17) is 5.11 Å². The van der Waals surface area contributed by atoms with Gasteiger partial charge in [0.05, 0.1) is 0 Å². The molecule has 3 nitrogen and oxygen atoms in total. The molecule has 0 aliphatic heterocycles. The summed E-state index contributed by atoms with van der Waals surface area (Å²) in [6, 6.07) is 0. The molecule has 2 aliphatic carbocycles. The zero-order valence-electron chi connectivity index (χ0n) is 10.1. The standard InChI is InChI=1S/C13H23NO2/c1-9(8-15)4-3-7-14-13(16)12-10-5-2-6-11(10)12/h9-12,15H,2-8H2,1H3,(H,14,16). The van der Waals surface area contributed by atoms with Gasteiger partial charge in [0.1, 0.15) is 0 Å². The molecule has 2 N–H and O–H groups in total. The summed E-state index contributed by atoms with van der Waals surface area (Å²) >= 11 is 0. The van der Waals surface area contributed by atoms with Gasteiger partial charge in [-0.25, -0.2) is 0 Å². The lowest BCUT2D eigenvalue weighted by Gasteiger charge is -2.09. The summed E-state index contributed by atoms with van der Waals surface area (Å²) < 4.78 is 0. The Bertz CT molecular complexity index is 244. The van der Waals surface area contributed by atoms with E-state index >= 15 is 0 Å². The second-order valence-corrected chi connectivity index (χ2v) is 5.51. The molecule has 0 heterocycles. The average molecular weight is 225 g/mol. The quantitative estimate of drug-likeness (QED) is 0.674. The molecule has 3 heteroatoms. The Morgan fingerprint density at radius 2 is 2.12 bits per heavy atom. The summed E-state index contributed by atoms with van der Waals surface area (Å²) in [6.45, 7) is 3.06. The minimum Gasteiger partial charge on any atom is -0.396 e. The lowest BCUT2D eigenvalue weighted by Crippen LogP contribution is -2.27. The molecule has 3 atom stereocenters. The predicted octanol–water partition coefficient (Wildman–Crippen LogP) is 1.56. The third-order valence-corrected chi connectivity index (χ3v) is 4.19. The fraction of sp³-hybridized carbons (Fsp3) is 0.923. The molecule has 2 saturated carbocycles. The zero-order chi connectivity index (χ0) is 11.5. The Kier molecular flexibility index (Phi) is 3.85. The molecule has 2 fully saturated rings. The normalized spacial score (nSPS) is 33.2. The molecule has 0 aromatic rings. The van der Waals surface area contributed by atoms with Crippen molar-refractivity contribution in [1.29, 1.82) is 0 Å². The van der Waals surface area contributed by atoms with E-state index in [1.807, 2.05) is 6.92 Å². The van der Waals surface area contributed by atoms with Crippen LogP contribution in [0.15, 0.2) is 0 Å². The van der Waals surface area contributed by atoms with Crippen molar-refractivity contribution < 1.29 is 9.90 Å². The summed E-state index contributed by atoms with van der Waals surface area (Å²) in [4.78, 5) is 11.8. The highest BCUT2D eigenvalue weighted by Crippen LogP contribution is 2.57. The summed E-state index contributed by atoms with van der Waals surface area (Å²) in [5, 5.41) is 11.9. The predicted molar refractivity (Wildman–Crippen MR) is 62.8 cm³/mol. The van der Waals surface area contributed by atoms with E-state index in [0.717, 1.165) is 31.2 Å². The van der Waals surface area contributed by atoms with Gasteiger partial charge in [0.15, 0.2) is 0 Å². The van der Waals surface area contributed by atoms with Crippen LogP contribution in [0.25, 0.3) is 0 Å². The molecule has 2 aliphatic rings. The van der Waals surface area contributed by atoms with E-state index in [0.29, 0.717) is 11.8 Å². The number of carbonyl (C=O) groups excluding carboxylic acids is 1. The summed E-state index contributed by atoms with van der Waals surface area (Å²) in [7, 11) is 0. The van der Waals surface area contributed by atoms with Crippen molar-refractivity contribution in [1.82, 2.24) is 5.32 Å². The van der Waals surface area contributed by atoms with Gasteiger partial charge < -0.3 is 10.4 Å². The molecule has 0 aromatic carbocycles. The third kappa shape index (κ3) is 2.57. The van der Waals surface area contributed by atoms with E-state index in [1.165, 1.54) is 19.3 Å². The fourth-order valence-corrected chi connectivity index (χ4v) is 3.08. The van der Waals surface area contributed by atoms with Crippen LogP contribution in [0.5, 0.6) is 0 Å². The lowest BCUT2D eigenvalue weighted by atomic mass is 10.1. The second kappa shape index (κ2) is 5.17. The Hall–Kier alpha value is -0.570. The molecule has 0 aromatic heterocycles. The van der Waals surface area contributed by atoms with Crippen molar-refractivity contribution >= 4 is 5.91 Å². The first kappa shape index (κ1) is 11.9. The Balaban J connectivity index is 1.55. The summed E-state index contributed by atoms with van der Waals surface area (Å²) in [5.41, 5.74) is 0. The van der Waals surface area contributed by atoms with Crippen LogP contribution in [0.3, 0.4) is 0 Å². The van der Waals surface area contributed by atoms with Gasteiger partial charge in [-0.05, 0) is 43.4 Å². The van der Waals surface area contributed by atoms with Crippen LogP contribution in [-0.2, 0) is 4.79 Å². The van der Waals surface area contributed by atoms with Crippen LogP contribution >= 0.6 is 0 Å². The summed E-state index contributed by atoms with van der Waals surface area (Å²) in [5.74, 6) is 2.43. The number of rotatable bonds is 6. The SMILES string of the molecule is CC(CO)CCCNC(=O)C1C2CCCC21. The van der Waals surface area contributed by atoms with Gasteiger partial charge in [0.25, 0.3) is 0 Å². The molecule has 0 spiro atoms. The molecule has 2 rings (SSSR count). The molecular weight excluding hydrogens is 202 g/mol. The molecule has 0 bridgehead atoms. The van der Waals surface area contributed by atoms with Crippen molar-refractivity contribution in [3.8, 4) is 0 Å². The Labute approximate surface area is 97.6 Å². The first-order valence-corrected chi connectivity index (χ1v) is 6.62. The Morgan fingerprint density at radius 1 is 1.44 bits per heavy atom. The van der Waals surface area contributed by atoms with Gasteiger partial charge in [-0.1, -0.05) is 13.3 Å². The van der Waals surface area contributed by atoms with Crippen molar-refractivity contribution in [3.63, 3.8) is 0 Å².